The summed E-state index contributed by atoms with van der Waals surface area (Å²) in [5, 5.41) is 3.35. The SMILES string of the molecule is Cl.O=C(C1C2CCCC21)N1CCCNCC1. The van der Waals surface area contributed by atoms with Crippen LogP contribution < -0.4 is 5.32 Å². The molecule has 4 heteroatoms. The molecule has 1 N–H and O–H groups in total. The van der Waals surface area contributed by atoms with Crippen LogP contribution in [0, 0.1) is 17.8 Å². The molecule has 3 fully saturated rings. The number of fused-ring (bicyclic) bond motifs is 1. The van der Waals surface area contributed by atoms with Gasteiger partial charge in [0.25, 0.3) is 0 Å². The fourth-order valence-corrected chi connectivity index (χ4v) is 3.46. The average molecular weight is 245 g/mol. The second-order valence-corrected chi connectivity index (χ2v) is 5.21. The highest BCUT2D eigenvalue weighted by Crippen LogP contribution is 2.58. The van der Waals surface area contributed by atoms with Crippen LogP contribution in [-0.4, -0.2) is 37.0 Å². The first kappa shape index (κ1) is 12.2. The van der Waals surface area contributed by atoms with Crippen molar-refractivity contribution in [1.82, 2.24) is 10.2 Å². The molecular formula is C12H21ClN2O. The van der Waals surface area contributed by atoms with Crippen molar-refractivity contribution in [2.45, 2.75) is 25.7 Å². The number of nitrogens with one attached hydrogen (secondary N) is 1. The lowest BCUT2D eigenvalue weighted by Crippen LogP contribution is -2.36. The van der Waals surface area contributed by atoms with E-state index in [4.69, 9.17) is 0 Å². The molecule has 92 valence electrons. The van der Waals surface area contributed by atoms with Crippen molar-refractivity contribution in [3.63, 3.8) is 0 Å². The quantitative estimate of drug-likeness (QED) is 0.754. The molecule has 0 bridgehead atoms. The van der Waals surface area contributed by atoms with Crippen LogP contribution in [0.2, 0.25) is 0 Å². The van der Waals surface area contributed by atoms with Crippen LogP contribution in [-0.2, 0) is 4.79 Å². The third kappa shape index (κ3) is 2.07. The van der Waals surface area contributed by atoms with Gasteiger partial charge in [-0.15, -0.1) is 12.4 Å². The van der Waals surface area contributed by atoms with Crippen LogP contribution in [0.15, 0.2) is 0 Å². The standard InChI is InChI=1S/C12H20N2O.ClH/c15-12(11-9-3-1-4-10(9)11)14-7-2-5-13-6-8-14;/h9-11,13H,1-8H2;1H. The van der Waals surface area contributed by atoms with Crippen molar-refractivity contribution in [2.75, 3.05) is 26.2 Å². The lowest BCUT2D eigenvalue weighted by molar-refractivity contribution is -0.133. The Hall–Kier alpha value is -0.280. The number of halogens is 1. The van der Waals surface area contributed by atoms with Gasteiger partial charge < -0.3 is 10.2 Å². The van der Waals surface area contributed by atoms with E-state index in [0.29, 0.717) is 11.8 Å². The second kappa shape index (κ2) is 4.92. The minimum Gasteiger partial charge on any atom is -0.341 e. The summed E-state index contributed by atoms with van der Waals surface area (Å²) in [6.07, 6.45) is 5.11. The van der Waals surface area contributed by atoms with E-state index in [1.807, 2.05) is 0 Å². The van der Waals surface area contributed by atoms with Crippen molar-refractivity contribution in [3.8, 4) is 0 Å². The van der Waals surface area contributed by atoms with Gasteiger partial charge in [-0.2, -0.15) is 0 Å². The van der Waals surface area contributed by atoms with Gasteiger partial charge in [-0.3, -0.25) is 4.79 Å². The van der Waals surface area contributed by atoms with Crippen molar-refractivity contribution in [2.24, 2.45) is 17.8 Å². The Morgan fingerprint density at radius 2 is 1.81 bits per heavy atom. The zero-order valence-electron chi connectivity index (χ0n) is 9.65. The second-order valence-electron chi connectivity index (χ2n) is 5.21. The van der Waals surface area contributed by atoms with Crippen molar-refractivity contribution >= 4 is 18.3 Å². The molecule has 2 atom stereocenters. The summed E-state index contributed by atoms with van der Waals surface area (Å²) in [5.41, 5.74) is 0. The summed E-state index contributed by atoms with van der Waals surface area (Å²) in [4.78, 5) is 14.3. The Morgan fingerprint density at radius 1 is 1.06 bits per heavy atom. The van der Waals surface area contributed by atoms with Crippen molar-refractivity contribution in [3.05, 3.63) is 0 Å². The Bertz CT molecular complexity index is 254. The minimum absolute atomic E-state index is 0. The highest BCUT2D eigenvalue weighted by Gasteiger charge is 2.57. The van der Waals surface area contributed by atoms with E-state index in [1.54, 1.807) is 0 Å². The fourth-order valence-electron chi connectivity index (χ4n) is 3.46. The first-order chi connectivity index (χ1) is 7.38. The predicted molar refractivity (Wildman–Crippen MR) is 65.6 cm³/mol. The van der Waals surface area contributed by atoms with E-state index in [1.165, 1.54) is 19.3 Å². The number of carbonyl (C=O) groups is 1. The molecule has 1 saturated heterocycles. The maximum atomic E-state index is 12.2. The van der Waals surface area contributed by atoms with E-state index in [0.717, 1.165) is 44.4 Å². The normalized spacial score (nSPS) is 37.2. The van der Waals surface area contributed by atoms with Crippen LogP contribution in [0.5, 0.6) is 0 Å². The van der Waals surface area contributed by atoms with Gasteiger partial charge in [0, 0.05) is 25.6 Å². The summed E-state index contributed by atoms with van der Waals surface area (Å²) in [6.45, 7) is 3.95. The number of rotatable bonds is 1. The van der Waals surface area contributed by atoms with E-state index >= 15 is 0 Å². The zero-order valence-corrected chi connectivity index (χ0v) is 10.5. The molecule has 0 spiro atoms. The number of amides is 1. The maximum absolute atomic E-state index is 12.2. The Labute approximate surface area is 103 Å². The number of hydrogen-bond donors (Lipinski definition) is 1. The molecule has 0 aromatic rings. The van der Waals surface area contributed by atoms with E-state index in [9.17, 15) is 4.79 Å². The molecule has 0 aromatic carbocycles. The van der Waals surface area contributed by atoms with Crippen LogP contribution in [0.1, 0.15) is 25.7 Å². The van der Waals surface area contributed by atoms with Gasteiger partial charge in [-0.05, 0) is 37.6 Å². The van der Waals surface area contributed by atoms with Gasteiger partial charge in [0.1, 0.15) is 0 Å². The van der Waals surface area contributed by atoms with Gasteiger partial charge in [-0.25, -0.2) is 0 Å². The molecule has 1 amide bonds. The van der Waals surface area contributed by atoms with E-state index < -0.39 is 0 Å². The molecule has 3 rings (SSSR count). The molecule has 2 unspecified atom stereocenters. The predicted octanol–water partition coefficient (Wildman–Crippen LogP) is 1.28. The number of carbonyl (C=O) groups excluding carboxylic acids is 1. The largest absolute Gasteiger partial charge is 0.341 e. The Balaban J connectivity index is 0.000000963. The molecule has 1 aliphatic heterocycles. The minimum atomic E-state index is 0. The van der Waals surface area contributed by atoms with E-state index in [-0.39, 0.29) is 12.4 Å². The number of hydrogen-bond acceptors (Lipinski definition) is 2. The lowest BCUT2D eigenvalue weighted by Gasteiger charge is -2.20. The molecule has 16 heavy (non-hydrogen) atoms. The summed E-state index contributed by atoms with van der Waals surface area (Å²) in [6, 6.07) is 0. The molecule has 3 nitrogen and oxygen atoms in total. The zero-order chi connectivity index (χ0) is 10.3. The van der Waals surface area contributed by atoms with Gasteiger partial charge in [0.15, 0.2) is 0 Å². The summed E-state index contributed by atoms with van der Waals surface area (Å²) >= 11 is 0. The van der Waals surface area contributed by atoms with Crippen molar-refractivity contribution in [1.29, 1.82) is 0 Å². The van der Waals surface area contributed by atoms with Crippen LogP contribution in [0.4, 0.5) is 0 Å². The highest BCUT2D eigenvalue weighted by atomic mass is 35.5. The average Bonchev–Trinajstić information content (AvgIpc) is 2.87. The molecular weight excluding hydrogens is 224 g/mol. The van der Waals surface area contributed by atoms with Gasteiger partial charge in [-0.1, -0.05) is 6.42 Å². The lowest BCUT2D eigenvalue weighted by atomic mass is 10.1. The highest BCUT2D eigenvalue weighted by molar-refractivity contribution is 5.85. The van der Waals surface area contributed by atoms with E-state index in [2.05, 4.69) is 10.2 Å². The number of nitrogens with zero attached hydrogens (tertiary/aromatic N) is 1. The first-order valence-electron chi connectivity index (χ1n) is 6.37. The molecule has 2 saturated carbocycles. The first-order valence-corrected chi connectivity index (χ1v) is 6.37. The smallest absolute Gasteiger partial charge is 0.226 e. The van der Waals surface area contributed by atoms with Gasteiger partial charge in [0.2, 0.25) is 5.91 Å². The molecule has 0 radical (unpaired) electrons. The monoisotopic (exact) mass is 244 g/mol. The third-order valence-corrected chi connectivity index (χ3v) is 4.34. The Kier molecular flexibility index (Phi) is 3.75. The third-order valence-electron chi connectivity index (χ3n) is 4.34. The molecule has 3 aliphatic rings. The summed E-state index contributed by atoms with van der Waals surface area (Å²) in [7, 11) is 0. The van der Waals surface area contributed by atoms with Crippen LogP contribution >= 0.6 is 12.4 Å². The van der Waals surface area contributed by atoms with Gasteiger partial charge >= 0.3 is 0 Å². The molecule has 0 aromatic heterocycles. The van der Waals surface area contributed by atoms with Crippen molar-refractivity contribution < 1.29 is 4.79 Å². The Morgan fingerprint density at radius 3 is 2.56 bits per heavy atom. The summed E-state index contributed by atoms with van der Waals surface area (Å²) < 4.78 is 0. The topological polar surface area (TPSA) is 32.3 Å². The van der Waals surface area contributed by atoms with Crippen LogP contribution in [0.25, 0.3) is 0 Å². The molecule has 2 aliphatic carbocycles. The molecule has 1 heterocycles. The fraction of sp³-hybridized carbons (Fsp3) is 0.917. The van der Waals surface area contributed by atoms with Gasteiger partial charge in [0.05, 0.1) is 0 Å². The maximum Gasteiger partial charge on any atom is 0.226 e. The van der Waals surface area contributed by atoms with Crippen LogP contribution in [0.3, 0.4) is 0 Å². The summed E-state index contributed by atoms with van der Waals surface area (Å²) in [5.74, 6) is 2.44.